The van der Waals surface area contributed by atoms with Crippen molar-refractivity contribution >= 4 is 5.96 Å². The molecule has 0 spiro atoms. The second kappa shape index (κ2) is 9.36. The molecular formula is C17H33N3O2. The highest BCUT2D eigenvalue weighted by atomic mass is 16.5. The molecule has 2 aliphatic rings. The highest BCUT2D eigenvalue weighted by Gasteiger charge is 2.33. The minimum absolute atomic E-state index is 0.221. The summed E-state index contributed by atoms with van der Waals surface area (Å²) >= 11 is 0. The summed E-state index contributed by atoms with van der Waals surface area (Å²) in [6.45, 7) is 9.22. The molecule has 5 heteroatoms. The van der Waals surface area contributed by atoms with Gasteiger partial charge in [-0.1, -0.05) is 32.6 Å². The van der Waals surface area contributed by atoms with E-state index in [0.29, 0.717) is 6.10 Å². The van der Waals surface area contributed by atoms with E-state index in [1.807, 2.05) is 0 Å². The van der Waals surface area contributed by atoms with Gasteiger partial charge >= 0.3 is 0 Å². The minimum Gasteiger partial charge on any atom is -0.380 e. The Balaban J connectivity index is 1.64. The number of ether oxygens (including phenoxy) is 2. The molecule has 1 saturated carbocycles. The molecule has 1 saturated heterocycles. The lowest BCUT2D eigenvalue weighted by atomic mass is 9.89. The van der Waals surface area contributed by atoms with Gasteiger partial charge in [0, 0.05) is 18.5 Å². The summed E-state index contributed by atoms with van der Waals surface area (Å²) in [4.78, 5) is 4.67. The van der Waals surface area contributed by atoms with E-state index in [1.54, 1.807) is 0 Å². The lowest BCUT2D eigenvalue weighted by molar-refractivity contribution is -0.0945. The van der Waals surface area contributed by atoms with Crippen LogP contribution < -0.4 is 10.6 Å². The van der Waals surface area contributed by atoms with Gasteiger partial charge in [0.15, 0.2) is 5.96 Å². The summed E-state index contributed by atoms with van der Waals surface area (Å²) in [7, 11) is 0. The molecule has 1 heterocycles. The van der Waals surface area contributed by atoms with Crippen LogP contribution >= 0.6 is 0 Å². The number of aliphatic imine (C=N–C) groups is 1. The molecule has 0 atom stereocenters. The molecule has 0 aromatic carbocycles. The van der Waals surface area contributed by atoms with Gasteiger partial charge in [-0.2, -0.15) is 0 Å². The second-order valence-electron chi connectivity index (χ2n) is 6.91. The number of hydrogen-bond acceptors (Lipinski definition) is 3. The van der Waals surface area contributed by atoms with E-state index in [1.165, 1.54) is 38.5 Å². The monoisotopic (exact) mass is 311 g/mol. The molecule has 22 heavy (non-hydrogen) atoms. The summed E-state index contributed by atoms with van der Waals surface area (Å²) in [5, 5.41) is 6.66. The quantitative estimate of drug-likeness (QED) is 0.328. The molecule has 1 aliphatic heterocycles. The van der Waals surface area contributed by atoms with Crippen LogP contribution in [0.2, 0.25) is 0 Å². The highest BCUT2D eigenvalue weighted by Crippen LogP contribution is 2.26. The van der Waals surface area contributed by atoms with E-state index in [0.717, 1.165) is 45.4 Å². The fourth-order valence-corrected chi connectivity index (χ4v) is 2.96. The largest absolute Gasteiger partial charge is 0.380 e. The standard InChI is InChI=1S/C17H33N3O2/c1-3-18-16(20-12-17(2)13-21-14-17)19-10-11-22-15-8-6-4-5-7-9-15/h15H,3-14H2,1-2H3,(H2,18,19,20). The van der Waals surface area contributed by atoms with Crippen LogP contribution in [0.15, 0.2) is 4.99 Å². The molecular weight excluding hydrogens is 278 g/mol. The Morgan fingerprint density at radius 2 is 1.91 bits per heavy atom. The highest BCUT2D eigenvalue weighted by molar-refractivity contribution is 5.79. The van der Waals surface area contributed by atoms with Crippen LogP contribution in [0.1, 0.15) is 52.4 Å². The molecule has 0 aromatic heterocycles. The van der Waals surface area contributed by atoms with Crippen molar-refractivity contribution in [2.75, 3.05) is 39.5 Å². The van der Waals surface area contributed by atoms with Gasteiger partial charge in [0.1, 0.15) is 0 Å². The molecule has 2 N–H and O–H groups in total. The second-order valence-corrected chi connectivity index (χ2v) is 6.91. The number of nitrogens with one attached hydrogen (secondary N) is 2. The topological polar surface area (TPSA) is 54.9 Å². The zero-order valence-electron chi connectivity index (χ0n) is 14.3. The molecule has 0 unspecified atom stereocenters. The molecule has 2 rings (SSSR count). The van der Waals surface area contributed by atoms with Gasteiger partial charge in [-0.05, 0) is 19.8 Å². The Kier molecular flexibility index (Phi) is 7.46. The average Bonchev–Trinajstić information content (AvgIpc) is 2.75. The summed E-state index contributed by atoms with van der Waals surface area (Å²) in [6, 6.07) is 0. The third kappa shape index (κ3) is 6.13. The first kappa shape index (κ1) is 17.5. The Morgan fingerprint density at radius 3 is 2.50 bits per heavy atom. The predicted molar refractivity (Wildman–Crippen MR) is 90.3 cm³/mol. The van der Waals surface area contributed by atoms with Crippen molar-refractivity contribution in [2.24, 2.45) is 10.4 Å². The van der Waals surface area contributed by atoms with Crippen LogP contribution in [0.4, 0.5) is 0 Å². The Labute approximate surface area is 135 Å². The number of rotatable bonds is 7. The van der Waals surface area contributed by atoms with Crippen LogP contribution in [0.5, 0.6) is 0 Å². The predicted octanol–water partition coefficient (Wildman–Crippen LogP) is 2.32. The maximum atomic E-state index is 6.00. The number of nitrogens with zero attached hydrogens (tertiary/aromatic N) is 1. The summed E-state index contributed by atoms with van der Waals surface area (Å²) in [5.41, 5.74) is 0.221. The van der Waals surface area contributed by atoms with Gasteiger partial charge in [0.2, 0.25) is 0 Å². The van der Waals surface area contributed by atoms with Gasteiger partial charge in [-0.15, -0.1) is 0 Å². The third-order valence-electron chi connectivity index (χ3n) is 4.41. The van der Waals surface area contributed by atoms with E-state index < -0.39 is 0 Å². The Hall–Kier alpha value is -0.810. The summed E-state index contributed by atoms with van der Waals surface area (Å²) < 4.78 is 11.3. The molecule has 0 aromatic rings. The van der Waals surface area contributed by atoms with Crippen LogP contribution in [-0.4, -0.2) is 51.5 Å². The Bertz CT molecular complexity index is 335. The molecule has 0 amide bonds. The number of guanidine groups is 1. The smallest absolute Gasteiger partial charge is 0.191 e. The van der Waals surface area contributed by atoms with E-state index in [-0.39, 0.29) is 5.41 Å². The van der Waals surface area contributed by atoms with Gasteiger partial charge in [-0.3, -0.25) is 4.99 Å². The van der Waals surface area contributed by atoms with Gasteiger partial charge in [0.25, 0.3) is 0 Å². The summed E-state index contributed by atoms with van der Waals surface area (Å²) in [5.74, 6) is 0.889. The van der Waals surface area contributed by atoms with E-state index in [9.17, 15) is 0 Å². The van der Waals surface area contributed by atoms with E-state index >= 15 is 0 Å². The van der Waals surface area contributed by atoms with Crippen LogP contribution in [0.3, 0.4) is 0 Å². The first-order chi connectivity index (χ1) is 10.7. The van der Waals surface area contributed by atoms with Crippen molar-refractivity contribution < 1.29 is 9.47 Å². The van der Waals surface area contributed by atoms with Crippen molar-refractivity contribution in [1.29, 1.82) is 0 Å². The van der Waals surface area contributed by atoms with Crippen molar-refractivity contribution in [3.8, 4) is 0 Å². The van der Waals surface area contributed by atoms with Crippen LogP contribution in [0, 0.1) is 5.41 Å². The van der Waals surface area contributed by atoms with Crippen molar-refractivity contribution in [1.82, 2.24) is 10.6 Å². The maximum absolute atomic E-state index is 6.00. The summed E-state index contributed by atoms with van der Waals surface area (Å²) in [6.07, 6.45) is 8.32. The van der Waals surface area contributed by atoms with Crippen molar-refractivity contribution in [3.63, 3.8) is 0 Å². The van der Waals surface area contributed by atoms with Gasteiger partial charge < -0.3 is 20.1 Å². The maximum Gasteiger partial charge on any atom is 0.191 e. The van der Waals surface area contributed by atoms with E-state index in [4.69, 9.17) is 9.47 Å². The normalized spacial score (nSPS) is 22.7. The zero-order valence-corrected chi connectivity index (χ0v) is 14.3. The molecule has 5 nitrogen and oxygen atoms in total. The first-order valence-electron chi connectivity index (χ1n) is 8.93. The minimum atomic E-state index is 0.221. The molecule has 128 valence electrons. The first-order valence-corrected chi connectivity index (χ1v) is 8.93. The van der Waals surface area contributed by atoms with Crippen LogP contribution in [0.25, 0.3) is 0 Å². The fraction of sp³-hybridized carbons (Fsp3) is 0.941. The molecule has 0 bridgehead atoms. The fourth-order valence-electron chi connectivity index (χ4n) is 2.96. The third-order valence-corrected chi connectivity index (χ3v) is 4.41. The van der Waals surface area contributed by atoms with Gasteiger partial charge in [-0.25, -0.2) is 0 Å². The average molecular weight is 311 g/mol. The van der Waals surface area contributed by atoms with Crippen molar-refractivity contribution in [3.05, 3.63) is 0 Å². The molecule has 1 aliphatic carbocycles. The van der Waals surface area contributed by atoms with Gasteiger partial charge in [0.05, 0.1) is 32.5 Å². The van der Waals surface area contributed by atoms with Crippen LogP contribution in [-0.2, 0) is 9.47 Å². The lowest BCUT2D eigenvalue weighted by Crippen LogP contribution is -2.45. The molecule has 2 fully saturated rings. The van der Waals surface area contributed by atoms with E-state index in [2.05, 4.69) is 29.5 Å². The van der Waals surface area contributed by atoms with Crippen molar-refractivity contribution in [2.45, 2.75) is 58.5 Å². The lowest BCUT2D eigenvalue weighted by Gasteiger charge is -2.36. The number of hydrogen-bond donors (Lipinski definition) is 2. The zero-order chi connectivity index (χ0) is 15.7. The molecule has 0 radical (unpaired) electrons. The SMILES string of the molecule is CCNC(=NCC1(C)COC1)NCCOC1CCCCCC1. The Morgan fingerprint density at radius 1 is 1.18 bits per heavy atom.